The van der Waals surface area contributed by atoms with Gasteiger partial charge in [0.1, 0.15) is 18.8 Å². The number of carbonyl (C=O) groups is 3. The Kier molecular flexibility index (Phi) is 9.94. The molecule has 2 rings (SSSR count). The molecular weight excluding hydrogens is 444 g/mol. The fourth-order valence-corrected chi connectivity index (χ4v) is 4.39. The molecule has 2 aliphatic rings. The highest BCUT2D eigenvalue weighted by atomic mass is 16.7. The lowest BCUT2D eigenvalue weighted by Gasteiger charge is -2.40. The number of rotatable bonds is 11. The largest absolute Gasteiger partial charge is 0.462 e. The van der Waals surface area contributed by atoms with Crippen LogP contribution in [0.5, 0.6) is 0 Å². The zero-order valence-electron chi connectivity index (χ0n) is 21.1. The fourth-order valence-electron chi connectivity index (χ4n) is 4.39. The molecule has 9 heteroatoms. The Bertz CT molecular complexity index is 757. The van der Waals surface area contributed by atoms with Gasteiger partial charge in [0, 0.05) is 30.8 Å². The number of hydrogen-bond acceptors (Lipinski definition) is 9. The maximum atomic E-state index is 12.4. The van der Waals surface area contributed by atoms with E-state index < -0.39 is 48.4 Å². The summed E-state index contributed by atoms with van der Waals surface area (Å²) >= 11 is 0. The first-order valence-electron chi connectivity index (χ1n) is 12.1. The van der Waals surface area contributed by atoms with Gasteiger partial charge in [-0.15, -0.1) is 0 Å². The fraction of sp³-hybridized carbons (Fsp3) is 0.800. The molecule has 194 valence electrons. The van der Waals surface area contributed by atoms with E-state index in [1.807, 2.05) is 41.5 Å². The molecule has 0 aromatic heterocycles. The van der Waals surface area contributed by atoms with Crippen LogP contribution in [0.2, 0.25) is 0 Å². The minimum absolute atomic E-state index is 0.0587. The standard InChI is InChI=1S/C25H40O9/c1-14(2)7-20(27)31-11-17-12-32-24(34-22(29)9-16(5)6)23-18(17)10-19(26)25(23,30)13-33-21(28)8-15(3)4/h12,14-16,18-19,23-24,26,30H,7-11,13H2,1-6H3. The van der Waals surface area contributed by atoms with E-state index in [1.165, 1.54) is 6.26 Å². The second-order valence-corrected chi connectivity index (χ2v) is 10.7. The highest BCUT2D eigenvalue weighted by Gasteiger charge is 2.61. The molecule has 1 saturated carbocycles. The third-order valence-corrected chi connectivity index (χ3v) is 6.02. The third kappa shape index (κ3) is 7.43. The van der Waals surface area contributed by atoms with Gasteiger partial charge in [-0.25, -0.2) is 0 Å². The van der Waals surface area contributed by atoms with E-state index in [1.54, 1.807) is 0 Å². The summed E-state index contributed by atoms with van der Waals surface area (Å²) in [5.41, 5.74) is -1.34. The average molecular weight is 485 g/mol. The molecular formula is C25H40O9. The van der Waals surface area contributed by atoms with Crippen LogP contribution in [0.1, 0.15) is 67.2 Å². The number of fused-ring (bicyclic) bond motifs is 1. The molecule has 5 unspecified atom stereocenters. The first-order chi connectivity index (χ1) is 15.8. The summed E-state index contributed by atoms with van der Waals surface area (Å²) in [6.07, 6.45) is -0.380. The van der Waals surface area contributed by atoms with Gasteiger partial charge in [-0.2, -0.15) is 0 Å². The molecule has 0 aromatic rings. The Morgan fingerprint density at radius 3 is 2.06 bits per heavy atom. The van der Waals surface area contributed by atoms with Gasteiger partial charge in [-0.05, 0) is 24.2 Å². The lowest BCUT2D eigenvalue weighted by Crippen LogP contribution is -2.54. The van der Waals surface area contributed by atoms with Crippen molar-refractivity contribution in [2.75, 3.05) is 13.2 Å². The summed E-state index contributed by atoms with van der Waals surface area (Å²) in [4.78, 5) is 36.5. The summed E-state index contributed by atoms with van der Waals surface area (Å²) in [7, 11) is 0. The van der Waals surface area contributed by atoms with Crippen molar-refractivity contribution < 1.29 is 43.5 Å². The molecule has 0 amide bonds. The Hall–Kier alpha value is -2.13. The molecule has 0 aromatic carbocycles. The number of esters is 3. The molecule has 0 spiro atoms. The van der Waals surface area contributed by atoms with Crippen LogP contribution < -0.4 is 0 Å². The van der Waals surface area contributed by atoms with Crippen molar-refractivity contribution in [3.05, 3.63) is 11.8 Å². The van der Waals surface area contributed by atoms with Crippen molar-refractivity contribution in [2.45, 2.75) is 85.2 Å². The van der Waals surface area contributed by atoms with Crippen LogP contribution in [0, 0.1) is 29.6 Å². The van der Waals surface area contributed by atoms with Crippen LogP contribution in [0.4, 0.5) is 0 Å². The summed E-state index contributed by atoms with van der Waals surface area (Å²) in [5.74, 6) is -2.50. The SMILES string of the molecule is CC(C)CC(=O)OCC1=COC(OC(=O)CC(C)C)C2C1CC(O)C2(O)COC(=O)CC(C)C. The molecule has 1 heterocycles. The molecule has 34 heavy (non-hydrogen) atoms. The molecule has 1 aliphatic heterocycles. The molecule has 0 radical (unpaired) electrons. The maximum absolute atomic E-state index is 12.4. The first-order valence-corrected chi connectivity index (χ1v) is 12.1. The van der Waals surface area contributed by atoms with Crippen molar-refractivity contribution >= 4 is 17.9 Å². The van der Waals surface area contributed by atoms with Crippen LogP contribution >= 0.6 is 0 Å². The number of aliphatic hydroxyl groups excluding tert-OH is 1. The summed E-state index contributed by atoms with van der Waals surface area (Å²) in [6.45, 7) is 10.8. The zero-order chi connectivity index (χ0) is 25.6. The Morgan fingerprint density at radius 2 is 1.50 bits per heavy atom. The van der Waals surface area contributed by atoms with Gasteiger partial charge in [0.05, 0.1) is 18.3 Å². The van der Waals surface area contributed by atoms with E-state index >= 15 is 0 Å². The van der Waals surface area contributed by atoms with Crippen LogP contribution in [0.25, 0.3) is 0 Å². The number of carbonyl (C=O) groups excluding carboxylic acids is 3. The van der Waals surface area contributed by atoms with Crippen molar-refractivity contribution in [3.63, 3.8) is 0 Å². The highest BCUT2D eigenvalue weighted by molar-refractivity contribution is 5.70. The molecule has 2 N–H and O–H groups in total. The lowest BCUT2D eigenvalue weighted by atomic mass is 9.80. The van der Waals surface area contributed by atoms with Crippen molar-refractivity contribution in [2.24, 2.45) is 29.6 Å². The van der Waals surface area contributed by atoms with Gasteiger partial charge in [-0.3, -0.25) is 14.4 Å². The highest BCUT2D eigenvalue weighted by Crippen LogP contribution is 2.49. The van der Waals surface area contributed by atoms with Crippen molar-refractivity contribution in [3.8, 4) is 0 Å². The molecule has 9 nitrogen and oxygen atoms in total. The summed E-state index contributed by atoms with van der Waals surface area (Å²) in [6, 6.07) is 0. The predicted molar refractivity (Wildman–Crippen MR) is 122 cm³/mol. The Morgan fingerprint density at radius 1 is 0.971 bits per heavy atom. The van der Waals surface area contributed by atoms with Crippen molar-refractivity contribution in [1.29, 1.82) is 0 Å². The molecule has 5 atom stereocenters. The van der Waals surface area contributed by atoms with E-state index in [9.17, 15) is 24.6 Å². The second-order valence-electron chi connectivity index (χ2n) is 10.7. The van der Waals surface area contributed by atoms with Crippen molar-refractivity contribution in [1.82, 2.24) is 0 Å². The zero-order valence-corrected chi connectivity index (χ0v) is 21.1. The topological polar surface area (TPSA) is 129 Å². The smallest absolute Gasteiger partial charge is 0.309 e. The van der Waals surface area contributed by atoms with E-state index in [4.69, 9.17) is 18.9 Å². The van der Waals surface area contributed by atoms with Gasteiger partial charge in [0.15, 0.2) is 0 Å². The lowest BCUT2D eigenvalue weighted by molar-refractivity contribution is -0.222. The number of hydrogen-bond donors (Lipinski definition) is 2. The Balaban J connectivity index is 2.23. The summed E-state index contributed by atoms with van der Waals surface area (Å²) < 4.78 is 21.9. The average Bonchev–Trinajstić information content (AvgIpc) is 2.96. The van der Waals surface area contributed by atoms with Gasteiger partial charge in [0.25, 0.3) is 0 Å². The second kappa shape index (κ2) is 12.0. The maximum Gasteiger partial charge on any atom is 0.309 e. The van der Waals surface area contributed by atoms with Gasteiger partial charge in [0.2, 0.25) is 6.29 Å². The van der Waals surface area contributed by atoms with E-state index in [-0.39, 0.29) is 56.0 Å². The number of aliphatic hydroxyl groups is 2. The van der Waals surface area contributed by atoms with E-state index in [2.05, 4.69) is 0 Å². The molecule has 0 saturated heterocycles. The quantitative estimate of drug-likeness (QED) is 0.336. The monoisotopic (exact) mass is 484 g/mol. The molecule has 1 aliphatic carbocycles. The molecule has 0 bridgehead atoms. The van der Waals surface area contributed by atoms with E-state index in [0.29, 0.717) is 5.57 Å². The van der Waals surface area contributed by atoms with E-state index in [0.717, 1.165) is 0 Å². The minimum Gasteiger partial charge on any atom is -0.462 e. The van der Waals surface area contributed by atoms with Crippen LogP contribution in [0.15, 0.2) is 11.8 Å². The normalized spacial score (nSPS) is 28.4. The van der Waals surface area contributed by atoms with Gasteiger partial charge in [-0.1, -0.05) is 41.5 Å². The minimum atomic E-state index is -1.90. The Labute approximate surface area is 201 Å². The summed E-state index contributed by atoms with van der Waals surface area (Å²) in [5, 5.41) is 22.3. The van der Waals surface area contributed by atoms with Crippen LogP contribution in [-0.4, -0.2) is 59.3 Å². The number of ether oxygens (including phenoxy) is 4. The third-order valence-electron chi connectivity index (χ3n) is 6.02. The van der Waals surface area contributed by atoms with Gasteiger partial charge >= 0.3 is 17.9 Å². The van der Waals surface area contributed by atoms with Gasteiger partial charge < -0.3 is 29.2 Å². The van der Waals surface area contributed by atoms with Crippen LogP contribution in [-0.2, 0) is 33.3 Å². The first kappa shape index (κ1) is 28.1. The predicted octanol–water partition coefficient (Wildman–Crippen LogP) is 2.72. The molecule has 1 fully saturated rings. The van der Waals surface area contributed by atoms with Crippen LogP contribution in [0.3, 0.4) is 0 Å².